The third kappa shape index (κ3) is 2.66. The van der Waals surface area contributed by atoms with Crippen molar-refractivity contribution in [3.63, 3.8) is 0 Å². The first-order valence-electron chi connectivity index (χ1n) is 8.59. The summed E-state index contributed by atoms with van der Waals surface area (Å²) in [6.07, 6.45) is 2.32. The van der Waals surface area contributed by atoms with Gasteiger partial charge in [-0.3, -0.25) is 19.3 Å². The minimum absolute atomic E-state index is 0.148. The van der Waals surface area contributed by atoms with Crippen molar-refractivity contribution >= 4 is 23.7 Å². The molecule has 4 rings (SSSR count). The van der Waals surface area contributed by atoms with Crippen molar-refractivity contribution < 1.29 is 29.0 Å². The lowest BCUT2D eigenvalue weighted by atomic mass is 10.0. The third-order valence-corrected chi connectivity index (χ3v) is 5.16. The molecule has 8 heteroatoms. The summed E-state index contributed by atoms with van der Waals surface area (Å²) in [5.74, 6) is -2.47. The maximum atomic E-state index is 12.6. The number of aliphatic carboxylic acids is 1. The second kappa shape index (κ2) is 5.91. The molecule has 1 saturated heterocycles. The van der Waals surface area contributed by atoms with Crippen molar-refractivity contribution in [2.75, 3.05) is 13.2 Å². The molecule has 1 aliphatic carbocycles. The second-order valence-corrected chi connectivity index (χ2v) is 6.96. The van der Waals surface area contributed by atoms with Crippen LogP contribution in [-0.2, 0) is 9.53 Å². The van der Waals surface area contributed by atoms with Gasteiger partial charge < -0.3 is 15.2 Å². The van der Waals surface area contributed by atoms with Crippen LogP contribution in [0.2, 0.25) is 0 Å². The summed E-state index contributed by atoms with van der Waals surface area (Å²) >= 11 is 0. The molecule has 2 aliphatic heterocycles. The second-order valence-electron chi connectivity index (χ2n) is 6.96. The van der Waals surface area contributed by atoms with Gasteiger partial charge in [0.1, 0.15) is 5.54 Å². The van der Waals surface area contributed by atoms with Crippen LogP contribution < -0.4 is 5.32 Å². The van der Waals surface area contributed by atoms with E-state index in [0.29, 0.717) is 19.4 Å². The fraction of sp³-hybridized carbons (Fsp3) is 0.444. The van der Waals surface area contributed by atoms with Gasteiger partial charge in [0.15, 0.2) is 0 Å². The Hall–Kier alpha value is -2.74. The van der Waals surface area contributed by atoms with Crippen molar-refractivity contribution in [1.29, 1.82) is 0 Å². The number of carbonyl (C=O) groups is 4. The first kappa shape index (κ1) is 16.7. The maximum absolute atomic E-state index is 12.6. The minimum atomic E-state index is -1.21. The molecule has 1 unspecified atom stereocenters. The highest BCUT2D eigenvalue weighted by molar-refractivity contribution is 6.22. The Kier molecular flexibility index (Phi) is 3.80. The molecule has 1 saturated carbocycles. The van der Waals surface area contributed by atoms with Crippen molar-refractivity contribution in [3.8, 4) is 0 Å². The van der Waals surface area contributed by atoms with E-state index < -0.39 is 29.2 Å². The molecule has 2 heterocycles. The van der Waals surface area contributed by atoms with Gasteiger partial charge in [0.2, 0.25) is 0 Å². The molecule has 2 N–H and O–H groups in total. The van der Waals surface area contributed by atoms with Gasteiger partial charge in [-0.1, -0.05) is 0 Å². The summed E-state index contributed by atoms with van der Waals surface area (Å²) in [5, 5.41) is 11.7. The lowest BCUT2D eigenvalue weighted by Gasteiger charge is -2.17. The number of carbonyl (C=O) groups excluding carboxylic acids is 3. The lowest BCUT2D eigenvalue weighted by molar-refractivity contribution is -0.140. The average Bonchev–Trinajstić information content (AvgIpc) is 3.15. The molecule has 0 radical (unpaired) electrons. The number of carboxylic acids is 1. The average molecular weight is 358 g/mol. The Morgan fingerprint density at radius 3 is 2.58 bits per heavy atom. The first-order chi connectivity index (χ1) is 12.4. The number of nitrogens with one attached hydrogen (secondary N) is 1. The van der Waals surface area contributed by atoms with Crippen LogP contribution in [0.5, 0.6) is 0 Å². The van der Waals surface area contributed by atoms with E-state index >= 15 is 0 Å². The summed E-state index contributed by atoms with van der Waals surface area (Å²) in [5.41, 5.74) is -0.622. The summed E-state index contributed by atoms with van der Waals surface area (Å²) in [6.45, 7) is 0.833. The van der Waals surface area contributed by atoms with E-state index in [2.05, 4.69) is 5.32 Å². The van der Waals surface area contributed by atoms with Crippen molar-refractivity contribution in [1.82, 2.24) is 10.2 Å². The molecular formula is C18H18N2O6. The van der Waals surface area contributed by atoms with E-state index in [9.17, 15) is 19.2 Å². The molecule has 3 aliphatic rings. The molecule has 1 aromatic rings. The quantitative estimate of drug-likeness (QED) is 0.753. The van der Waals surface area contributed by atoms with Crippen LogP contribution in [0.1, 0.15) is 56.8 Å². The van der Waals surface area contributed by atoms with E-state index in [1.54, 1.807) is 0 Å². The molecule has 1 atom stereocenters. The lowest BCUT2D eigenvalue weighted by Crippen LogP contribution is -2.43. The summed E-state index contributed by atoms with van der Waals surface area (Å²) in [7, 11) is 0. The molecule has 1 aromatic carbocycles. The van der Waals surface area contributed by atoms with Gasteiger partial charge in [-0.15, -0.1) is 0 Å². The van der Waals surface area contributed by atoms with Gasteiger partial charge in [0.05, 0.1) is 23.8 Å². The largest absolute Gasteiger partial charge is 0.480 e. The number of fused-ring (bicyclic) bond motifs is 1. The number of carboxylic acid groups (broad SMARTS) is 1. The topological polar surface area (TPSA) is 113 Å². The smallest absolute Gasteiger partial charge is 0.329 e. The number of nitrogens with zero attached hydrogens (tertiary/aromatic N) is 1. The number of benzene rings is 1. The van der Waals surface area contributed by atoms with Crippen LogP contribution >= 0.6 is 0 Å². The zero-order valence-electron chi connectivity index (χ0n) is 14.0. The fourth-order valence-corrected chi connectivity index (χ4v) is 3.40. The number of imide groups is 1. The zero-order chi connectivity index (χ0) is 18.5. The predicted octanol–water partition coefficient (Wildman–Crippen LogP) is 0.809. The number of amides is 3. The molecule has 136 valence electrons. The van der Waals surface area contributed by atoms with Gasteiger partial charge in [-0.2, -0.15) is 0 Å². The molecule has 3 amide bonds. The van der Waals surface area contributed by atoms with Crippen molar-refractivity contribution in [3.05, 3.63) is 34.9 Å². The molecular weight excluding hydrogens is 340 g/mol. The van der Waals surface area contributed by atoms with Crippen molar-refractivity contribution in [2.24, 2.45) is 0 Å². The highest BCUT2D eigenvalue weighted by Crippen LogP contribution is 2.36. The predicted molar refractivity (Wildman–Crippen MR) is 87.9 cm³/mol. The van der Waals surface area contributed by atoms with Crippen LogP contribution in [-0.4, -0.2) is 58.5 Å². The Morgan fingerprint density at radius 1 is 1.23 bits per heavy atom. The van der Waals surface area contributed by atoms with Crippen LogP contribution in [0.15, 0.2) is 18.2 Å². The van der Waals surface area contributed by atoms with Crippen LogP contribution in [0.3, 0.4) is 0 Å². The number of ether oxygens (including phenoxy) is 1. The van der Waals surface area contributed by atoms with Gasteiger partial charge in [-0.05, 0) is 43.9 Å². The Balaban J connectivity index is 1.54. The highest BCUT2D eigenvalue weighted by Gasteiger charge is 2.51. The first-order valence-corrected chi connectivity index (χ1v) is 8.59. The standard InChI is InChI=1S/C18H18N2O6/c21-14(19-18(5-6-18)17(24)25)10-3-4-12-13(8-10)16(23)20(15(12)22)9-11-2-1-7-26-11/h3-4,8,11H,1-2,5-7,9H2,(H,19,21)(H,24,25). The zero-order valence-corrected chi connectivity index (χ0v) is 14.0. The Morgan fingerprint density at radius 2 is 1.96 bits per heavy atom. The minimum Gasteiger partial charge on any atom is -0.480 e. The summed E-state index contributed by atoms with van der Waals surface area (Å²) in [4.78, 5) is 49.8. The fourth-order valence-electron chi connectivity index (χ4n) is 3.40. The number of hydrogen-bond acceptors (Lipinski definition) is 5. The number of rotatable bonds is 5. The molecule has 0 spiro atoms. The molecule has 8 nitrogen and oxygen atoms in total. The summed E-state index contributed by atoms with van der Waals surface area (Å²) in [6, 6.07) is 4.24. The molecule has 0 bridgehead atoms. The van der Waals surface area contributed by atoms with Crippen LogP contribution in [0.25, 0.3) is 0 Å². The van der Waals surface area contributed by atoms with E-state index in [-0.39, 0.29) is 29.3 Å². The summed E-state index contributed by atoms with van der Waals surface area (Å²) < 4.78 is 5.49. The Labute approximate surface area is 149 Å². The molecule has 2 fully saturated rings. The van der Waals surface area contributed by atoms with Crippen LogP contribution in [0, 0.1) is 0 Å². The normalized spacial score (nSPS) is 23.1. The van der Waals surface area contributed by atoms with Gasteiger partial charge >= 0.3 is 5.97 Å². The number of hydrogen-bond donors (Lipinski definition) is 2. The third-order valence-electron chi connectivity index (χ3n) is 5.16. The molecule has 26 heavy (non-hydrogen) atoms. The van der Waals surface area contributed by atoms with Gasteiger partial charge in [0.25, 0.3) is 17.7 Å². The Bertz CT molecular complexity index is 823. The maximum Gasteiger partial charge on any atom is 0.329 e. The van der Waals surface area contributed by atoms with E-state index in [1.165, 1.54) is 18.2 Å². The van der Waals surface area contributed by atoms with E-state index in [1.807, 2.05) is 0 Å². The monoisotopic (exact) mass is 358 g/mol. The van der Waals surface area contributed by atoms with Crippen molar-refractivity contribution in [2.45, 2.75) is 37.3 Å². The van der Waals surface area contributed by atoms with Gasteiger partial charge in [-0.25, -0.2) is 4.79 Å². The van der Waals surface area contributed by atoms with E-state index in [0.717, 1.165) is 17.7 Å². The van der Waals surface area contributed by atoms with Gasteiger partial charge in [0, 0.05) is 12.2 Å². The van der Waals surface area contributed by atoms with Crippen LogP contribution in [0.4, 0.5) is 0 Å². The SMILES string of the molecule is O=C(NC1(C(=O)O)CC1)c1ccc2c(c1)C(=O)N(CC1CCCO1)C2=O. The van der Waals surface area contributed by atoms with E-state index in [4.69, 9.17) is 9.84 Å². The highest BCUT2D eigenvalue weighted by atomic mass is 16.5. The molecule has 0 aromatic heterocycles.